The molecule has 0 N–H and O–H groups in total. The highest BCUT2D eigenvalue weighted by Crippen LogP contribution is 2.14. The third-order valence-electron chi connectivity index (χ3n) is 2.46. The van der Waals surface area contributed by atoms with E-state index in [1.807, 2.05) is 0 Å². The number of aliphatic imine (C=N–C) groups is 1. The summed E-state index contributed by atoms with van der Waals surface area (Å²) in [6, 6.07) is -0.151. The summed E-state index contributed by atoms with van der Waals surface area (Å²) in [7, 11) is 0. The van der Waals surface area contributed by atoms with Gasteiger partial charge in [-0.3, -0.25) is 4.79 Å². The first-order valence-electron chi connectivity index (χ1n) is 5.12. The second-order valence-corrected chi connectivity index (χ2v) is 3.63. The number of carbonyl (C=O) groups is 1. The van der Waals surface area contributed by atoms with Crippen LogP contribution in [0.25, 0.3) is 0 Å². The van der Waals surface area contributed by atoms with Gasteiger partial charge in [-0.05, 0) is 6.42 Å². The zero-order chi connectivity index (χ0) is 10.4. The van der Waals surface area contributed by atoms with E-state index in [0.717, 1.165) is 25.8 Å². The molecule has 0 aromatic heterocycles. The third kappa shape index (κ3) is 2.96. The summed E-state index contributed by atoms with van der Waals surface area (Å²) >= 11 is 0. The Hall–Kier alpha value is -1.15. The van der Waals surface area contributed by atoms with Crippen molar-refractivity contribution in [1.29, 1.82) is 0 Å². The molecule has 1 heterocycles. The molecule has 1 aliphatic rings. The lowest BCUT2D eigenvalue weighted by Crippen LogP contribution is -2.26. The van der Waals surface area contributed by atoms with Gasteiger partial charge in [-0.2, -0.15) is 0 Å². The van der Waals surface area contributed by atoms with Crippen molar-refractivity contribution in [3.05, 3.63) is 0 Å². The molecular weight excluding hydrogens is 180 g/mol. The highest BCUT2D eigenvalue weighted by Gasteiger charge is 2.28. The van der Waals surface area contributed by atoms with Crippen LogP contribution in [0.4, 0.5) is 0 Å². The number of isocyanates is 1. The van der Waals surface area contributed by atoms with Gasteiger partial charge >= 0.3 is 0 Å². The first-order valence-corrected chi connectivity index (χ1v) is 5.12. The van der Waals surface area contributed by atoms with Crippen LogP contribution in [0.1, 0.15) is 32.6 Å². The second kappa shape index (κ2) is 5.55. The summed E-state index contributed by atoms with van der Waals surface area (Å²) in [5.41, 5.74) is 0. The van der Waals surface area contributed by atoms with Crippen molar-refractivity contribution in [2.75, 3.05) is 13.1 Å². The summed E-state index contributed by atoms with van der Waals surface area (Å²) in [5, 5.41) is 0. The van der Waals surface area contributed by atoms with Crippen LogP contribution in [-0.2, 0) is 9.59 Å². The maximum Gasteiger partial charge on any atom is 0.235 e. The molecule has 0 aliphatic carbocycles. The van der Waals surface area contributed by atoms with Crippen LogP contribution in [-0.4, -0.2) is 36.0 Å². The monoisotopic (exact) mass is 196 g/mol. The Balaban J connectivity index is 2.33. The molecule has 0 spiro atoms. The minimum atomic E-state index is -0.151. The Morgan fingerprint density at radius 2 is 2.36 bits per heavy atom. The fraction of sp³-hybridized carbons (Fsp3) is 0.800. The average molecular weight is 196 g/mol. The van der Waals surface area contributed by atoms with Crippen molar-refractivity contribution in [2.45, 2.75) is 38.6 Å². The van der Waals surface area contributed by atoms with Gasteiger partial charge in [0.25, 0.3) is 0 Å². The molecule has 1 amide bonds. The lowest BCUT2D eigenvalue weighted by Gasteiger charge is -2.14. The average Bonchev–Trinajstić information content (AvgIpc) is 2.48. The predicted octanol–water partition coefficient (Wildman–Crippen LogP) is 1.11. The SMILES string of the molecule is CCCCCN1CC(N=C=O)CC1=O. The summed E-state index contributed by atoms with van der Waals surface area (Å²) in [4.78, 5) is 26.8. The molecule has 4 heteroatoms. The molecule has 1 rings (SSSR count). The molecule has 0 aromatic carbocycles. The van der Waals surface area contributed by atoms with Gasteiger partial charge in [0, 0.05) is 13.1 Å². The van der Waals surface area contributed by atoms with Crippen LogP contribution in [0.15, 0.2) is 4.99 Å². The minimum absolute atomic E-state index is 0.116. The number of amides is 1. The van der Waals surface area contributed by atoms with Crippen molar-refractivity contribution >= 4 is 12.0 Å². The quantitative estimate of drug-likeness (QED) is 0.376. The third-order valence-corrected chi connectivity index (χ3v) is 2.46. The Morgan fingerprint density at radius 1 is 1.57 bits per heavy atom. The maximum absolute atomic E-state index is 11.4. The molecule has 1 unspecified atom stereocenters. The van der Waals surface area contributed by atoms with E-state index >= 15 is 0 Å². The lowest BCUT2D eigenvalue weighted by atomic mass is 10.2. The molecule has 4 nitrogen and oxygen atoms in total. The Kier molecular flexibility index (Phi) is 4.33. The van der Waals surface area contributed by atoms with Crippen molar-refractivity contribution in [1.82, 2.24) is 4.90 Å². The van der Waals surface area contributed by atoms with E-state index in [0.29, 0.717) is 13.0 Å². The van der Waals surface area contributed by atoms with Gasteiger partial charge in [-0.25, -0.2) is 9.79 Å². The van der Waals surface area contributed by atoms with Crippen LogP contribution < -0.4 is 0 Å². The molecule has 1 saturated heterocycles. The van der Waals surface area contributed by atoms with E-state index in [4.69, 9.17) is 0 Å². The van der Waals surface area contributed by atoms with E-state index in [1.165, 1.54) is 6.08 Å². The molecule has 1 aliphatic heterocycles. The molecule has 0 radical (unpaired) electrons. The van der Waals surface area contributed by atoms with Crippen molar-refractivity contribution < 1.29 is 9.59 Å². The van der Waals surface area contributed by atoms with Gasteiger partial charge in [0.15, 0.2) is 0 Å². The topological polar surface area (TPSA) is 49.7 Å². The van der Waals surface area contributed by atoms with Gasteiger partial charge in [-0.1, -0.05) is 19.8 Å². The summed E-state index contributed by atoms with van der Waals surface area (Å²) in [6.45, 7) is 3.53. The largest absolute Gasteiger partial charge is 0.340 e. The van der Waals surface area contributed by atoms with Crippen LogP contribution in [0, 0.1) is 0 Å². The normalized spacial score (nSPS) is 21.1. The van der Waals surface area contributed by atoms with Gasteiger partial charge in [-0.15, -0.1) is 0 Å². The zero-order valence-corrected chi connectivity index (χ0v) is 8.53. The van der Waals surface area contributed by atoms with E-state index in [2.05, 4.69) is 11.9 Å². The highest BCUT2D eigenvalue weighted by molar-refractivity contribution is 5.79. The highest BCUT2D eigenvalue weighted by atomic mass is 16.2. The number of hydrogen-bond acceptors (Lipinski definition) is 3. The van der Waals surface area contributed by atoms with Crippen LogP contribution in [0.2, 0.25) is 0 Å². The van der Waals surface area contributed by atoms with Gasteiger partial charge in [0.2, 0.25) is 12.0 Å². The summed E-state index contributed by atoms with van der Waals surface area (Å²) < 4.78 is 0. The molecule has 0 saturated carbocycles. The predicted molar refractivity (Wildman–Crippen MR) is 52.6 cm³/mol. The van der Waals surface area contributed by atoms with E-state index < -0.39 is 0 Å². The van der Waals surface area contributed by atoms with Crippen molar-refractivity contribution in [2.24, 2.45) is 4.99 Å². The smallest absolute Gasteiger partial charge is 0.235 e. The first-order chi connectivity index (χ1) is 6.77. The van der Waals surface area contributed by atoms with E-state index in [-0.39, 0.29) is 11.9 Å². The first kappa shape index (κ1) is 10.9. The molecule has 0 bridgehead atoms. The fourth-order valence-corrected chi connectivity index (χ4v) is 1.68. The minimum Gasteiger partial charge on any atom is -0.340 e. The standard InChI is InChI=1S/C10H16N2O2/c1-2-3-4-5-12-7-9(11-8-13)6-10(12)14/h9H,2-7H2,1H3. The number of carbonyl (C=O) groups excluding carboxylic acids is 2. The van der Waals surface area contributed by atoms with Gasteiger partial charge in [0.1, 0.15) is 0 Å². The number of hydrogen-bond donors (Lipinski definition) is 0. The Bertz CT molecular complexity index is 247. The molecule has 1 atom stereocenters. The van der Waals surface area contributed by atoms with Crippen LogP contribution in [0.3, 0.4) is 0 Å². The van der Waals surface area contributed by atoms with E-state index in [1.54, 1.807) is 4.90 Å². The fourth-order valence-electron chi connectivity index (χ4n) is 1.68. The summed E-state index contributed by atoms with van der Waals surface area (Å²) in [5.74, 6) is 0.116. The molecule has 0 aromatic rings. The lowest BCUT2D eigenvalue weighted by molar-refractivity contribution is -0.127. The zero-order valence-electron chi connectivity index (χ0n) is 8.53. The maximum atomic E-state index is 11.4. The van der Waals surface area contributed by atoms with E-state index in [9.17, 15) is 9.59 Å². The number of unbranched alkanes of at least 4 members (excludes halogenated alkanes) is 2. The number of nitrogens with zero attached hydrogens (tertiary/aromatic N) is 2. The summed E-state index contributed by atoms with van der Waals surface area (Å²) in [6.07, 6.45) is 5.23. The number of likely N-dealkylation sites (tertiary alicyclic amines) is 1. The molecule has 1 fully saturated rings. The Labute approximate surface area is 84.0 Å². The molecular formula is C10H16N2O2. The number of rotatable bonds is 5. The Morgan fingerprint density at radius 3 is 3.00 bits per heavy atom. The van der Waals surface area contributed by atoms with Gasteiger partial charge in [0.05, 0.1) is 12.5 Å². The van der Waals surface area contributed by atoms with Crippen molar-refractivity contribution in [3.8, 4) is 0 Å². The van der Waals surface area contributed by atoms with Gasteiger partial charge < -0.3 is 4.90 Å². The van der Waals surface area contributed by atoms with Crippen molar-refractivity contribution in [3.63, 3.8) is 0 Å². The molecule has 78 valence electrons. The second-order valence-electron chi connectivity index (χ2n) is 3.63. The molecule has 14 heavy (non-hydrogen) atoms. The van der Waals surface area contributed by atoms with Crippen LogP contribution in [0.5, 0.6) is 0 Å². The van der Waals surface area contributed by atoms with Crippen LogP contribution >= 0.6 is 0 Å².